The molecule has 1 aliphatic heterocycles. The lowest BCUT2D eigenvalue weighted by atomic mass is 10.1. The number of methoxy groups -OCH3 is 1. The Hall–Kier alpha value is -2.91. The number of hydrogen-bond donors (Lipinski definition) is 1. The highest BCUT2D eigenvalue weighted by atomic mass is 32.2. The van der Waals surface area contributed by atoms with Crippen LogP contribution in [0.15, 0.2) is 40.4 Å². The van der Waals surface area contributed by atoms with E-state index in [1.165, 1.54) is 0 Å². The summed E-state index contributed by atoms with van der Waals surface area (Å²) in [6.45, 7) is 6.14. The van der Waals surface area contributed by atoms with E-state index in [9.17, 15) is 9.59 Å². The van der Waals surface area contributed by atoms with Gasteiger partial charge in [-0.05, 0) is 62.4 Å². The third-order valence-corrected chi connectivity index (χ3v) is 4.72. The van der Waals surface area contributed by atoms with E-state index in [2.05, 4.69) is 15.3 Å². The molecule has 1 fully saturated rings. The van der Waals surface area contributed by atoms with Gasteiger partial charge in [-0.1, -0.05) is 6.07 Å². The molecule has 0 aliphatic carbocycles. The molecular formula is C21H23N3O5S. The molecule has 1 saturated heterocycles. The molecule has 1 aliphatic rings. The van der Waals surface area contributed by atoms with Crippen LogP contribution in [-0.4, -0.2) is 48.1 Å². The smallest absolute Gasteiger partial charge is 0.436 e. The highest BCUT2D eigenvalue weighted by molar-refractivity contribution is 8.18. The molecular weight excluding hydrogens is 406 g/mol. The summed E-state index contributed by atoms with van der Waals surface area (Å²) in [4.78, 5) is 32.7. The fraction of sp³-hybridized carbons (Fsp3) is 0.333. The number of nitrogens with one attached hydrogen (secondary N) is 1. The lowest BCUT2D eigenvalue weighted by molar-refractivity contribution is -0.115. The van der Waals surface area contributed by atoms with E-state index in [0.29, 0.717) is 23.9 Å². The van der Waals surface area contributed by atoms with Crippen molar-refractivity contribution in [1.29, 1.82) is 0 Å². The molecule has 9 heteroatoms. The molecule has 2 heterocycles. The van der Waals surface area contributed by atoms with Crippen LogP contribution < -0.4 is 10.1 Å². The highest BCUT2D eigenvalue weighted by Crippen LogP contribution is 2.29. The first-order valence-corrected chi connectivity index (χ1v) is 10.1. The maximum absolute atomic E-state index is 12.3. The second-order valence-corrected chi connectivity index (χ2v) is 8.42. The number of pyridine rings is 1. The van der Waals surface area contributed by atoms with Gasteiger partial charge in [-0.25, -0.2) is 4.79 Å². The van der Waals surface area contributed by atoms with Crippen molar-refractivity contribution in [3.05, 3.63) is 40.9 Å². The minimum Gasteiger partial charge on any atom is -0.490 e. The van der Waals surface area contributed by atoms with Crippen molar-refractivity contribution in [2.24, 2.45) is 4.99 Å². The zero-order valence-corrected chi connectivity index (χ0v) is 18.0. The first-order chi connectivity index (χ1) is 14.2. The van der Waals surface area contributed by atoms with Crippen molar-refractivity contribution < 1.29 is 23.8 Å². The number of aliphatic imine (C=N–C) groups is 1. The fourth-order valence-electron chi connectivity index (χ4n) is 2.59. The molecule has 3 rings (SSSR count). The van der Waals surface area contributed by atoms with Crippen LogP contribution in [0, 0.1) is 0 Å². The molecule has 2 amide bonds. The van der Waals surface area contributed by atoms with E-state index in [4.69, 9.17) is 14.2 Å². The summed E-state index contributed by atoms with van der Waals surface area (Å²) >= 11 is 1.08. The Morgan fingerprint density at radius 2 is 2.07 bits per heavy atom. The monoisotopic (exact) mass is 429 g/mol. The van der Waals surface area contributed by atoms with Gasteiger partial charge in [-0.15, -0.1) is 0 Å². The Morgan fingerprint density at radius 1 is 1.27 bits per heavy atom. The fourth-order valence-corrected chi connectivity index (χ4v) is 3.40. The number of benzene rings is 1. The molecule has 0 saturated carbocycles. The first-order valence-electron chi connectivity index (χ1n) is 9.28. The second-order valence-electron chi connectivity index (χ2n) is 7.39. The van der Waals surface area contributed by atoms with Crippen molar-refractivity contribution in [2.75, 3.05) is 20.3 Å². The Morgan fingerprint density at radius 3 is 2.80 bits per heavy atom. The Balaban J connectivity index is 1.81. The number of ether oxygens (including phenoxy) is 3. The van der Waals surface area contributed by atoms with Gasteiger partial charge in [0, 0.05) is 18.7 Å². The molecule has 2 aromatic rings. The van der Waals surface area contributed by atoms with Crippen LogP contribution in [0.5, 0.6) is 5.75 Å². The number of carbonyl (C=O) groups is 2. The Bertz CT molecular complexity index is 1030. The van der Waals surface area contributed by atoms with Crippen molar-refractivity contribution in [3.8, 4) is 5.75 Å². The number of thioether (sulfide) groups is 1. The minimum atomic E-state index is -0.749. The van der Waals surface area contributed by atoms with E-state index >= 15 is 0 Å². The van der Waals surface area contributed by atoms with Gasteiger partial charge in [-0.3, -0.25) is 9.78 Å². The standard InChI is InChI=1S/C21H23N3O5S/c1-21(2,3)29-20(26)24-19-23-18(25)17(30-19)12-13-5-6-15-14(11-13)16(7-8-22-15)28-10-9-27-4/h5-8,11-12H,9-10H2,1-4H3,(H,23,24,25,26). The summed E-state index contributed by atoms with van der Waals surface area (Å²) in [6, 6.07) is 7.40. The topological polar surface area (TPSA) is 99.1 Å². The first kappa shape index (κ1) is 21.8. The maximum atomic E-state index is 12.3. The molecule has 1 N–H and O–H groups in total. The van der Waals surface area contributed by atoms with E-state index in [1.54, 1.807) is 46.2 Å². The van der Waals surface area contributed by atoms with Crippen molar-refractivity contribution >= 4 is 45.9 Å². The van der Waals surface area contributed by atoms with Crippen LogP contribution >= 0.6 is 11.8 Å². The molecule has 0 radical (unpaired) electrons. The van der Waals surface area contributed by atoms with Crippen molar-refractivity contribution in [1.82, 2.24) is 10.3 Å². The third kappa shape index (κ3) is 5.80. The molecule has 30 heavy (non-hydrogen) atoms. The molecule has 1 aromatic heterocycles. The van der Waals surface area contributed by atoms with Gasteiger partial charge < -0.3 is 19.5 Å². The average molecular weight is 429 g/mol. The van der Waals surface area contributed by atoms with Crippen LogP contribution in [0.1, 0.15) is 26.3 Å². The summed E-state index contributed by atoms with van der Waals surface area (Å²) in [5, 5.41) is 3.59. The number of fused-ring (bicyclic) bond motifs is 1. The van der Waals surface area contributed by atoms with Crippen LogP contribution in [0.2, 0.25) is 0 Å². The van der Waals surface area contributed by atoms with E-state index in [1.807, 2.05) is 18.2 Å². The average Bonchev–Trinajstić information content (AvgIpc) is 2.99. The van der Waals surface area contributed by atoms with Gasteiger partial charge in [0.15, 0.2) is 5.17 Å². The van der Waals surface area contributed by atoms with Gasteiger partial charge in [0.2, 0.25) is 0 Å². The molecule has 1 aromatic carbocycles. The number of aromatic nitrogens is 1. The summed E-state index contributed by atoms with van der Waals surface area (Å²) < 4.78 is 15.9. The van der Waals surface area contributed by atoms with Crippen LogP contribution in [0.4, 0.5) is 4.79 Å². The normalized spacial score (nSPS) is 16.9. The van der Waals surface area contributed by atoms with E-state index < -0.39 is 11.7 Å². The van der Waals surface area contributed by atoms with Gasteiger partial charge in [0.05, 0.1) is 17.0 Å². The quantitative estimate of drug-likeness (QED) is 0.571. The van der Waals surface area contributed by atoms with Crippen molar-refractivity contribution in [3.63, 3.8) is 0 Å². The molecule has 158 valence electrons. The molecule has 0 atom stereocenters. The predicted octanol–water partition coefficient (Wildman–Crippen LogP) is 3.76. The number of rotatable bonds is 5. The number of nitrogens with zero attached hydrogens (tertiary/aromatic N) is 2. The van der Waals surface area contributed by atoms with Gasteiger partial charge in [-0.2, -0.15) is 4.99 Å². The van der Waals surface area contributed by atoms with Gasteiger partial charge >= 0.3 is 6.09 Å². The lowest BCUT2D eigenvalue weighted by Crippen LogP contribution is -2.25. The van der Waals surface area contributed by atoms with Gasteiger partial charge in [0.25, 0.3) is 5.91 Å². The number of hydrogen-bond acceptors (Lipinski definition) is 7. The third-order valence-electron chi connectivity index (χ3n) is 3.81. The van der Waals surface area contributed by atoms with E-state index in [-0.39, 0.29) is 11.1 Å². The summed E-state index contributed by atoms with van der Waals surface area (Å²) in [6.07, 6.45) is 2.66. The van der Waals surface area contributed by atoms with E-state index in [0.717, 1.165) is 28.2 Å². The van der Waals surface area contributed by atoms with Crippen LogP contribution in [-0.2, 0) is 14.3 Å². The van der Waals surface area contributed by atoms with Crippen LogP contribution in [0.25, 0.3) is 17.0 Å². The SMILES string of the molecule is COCCOc1ccnc2ccc(C=C3SC(=NC(=O)OC(C)(C)C)NC3=O)cc12. The number of amides is 2. The lowest BCUT2D eigenvalue weighted by Gasteiger charge is -2.17. The Labute approximate surface area is 178 Å². The highest BCUT2D eigenvalue weighted by Gasteiger charge is 2.26. The van der Waals surface area contributed by atoms with Gasteiger partial charge in [0.1, 0.15) is 18.0 Å². The second kappa shape index (κ2) is 9.27. The molecule has 0 spiro atoms. The maximum Gasteiger partial charge on any atom is 0.436 e. The largest absolute Gasteiger partial charge is 0.490 e. The summed E-state index contributed by atoms with van der Waals surface area (Å²) in [5.74, 6) is 0.359. The minimum absolute atomic E-state index is 0.187. The number of carbonyl (C=O) groups excluding carboxylic acids is 2. The Kier molecular flexibility index (Phi) is 6.73. The van der Waals surface area contributed by atoms with Crippen molar-refractivity contribution in [2.45, 2.75) is 26.4 Å². The molecule has 0 bridgehead atoms. The summed E-state index contributed by atoms with van der Waals surface area (Å²) in [5.41, 5.74) is 0.918. The predicted molar refractivity (Wildman–Crippen MR) is 116 cm³/mol. The van der Waals surface area contributed by atoms with Crippen LogP contribution in [0.3, 0.4) is 0 Å². The molecule has 8 nitrogen and oxygen atoms in total. The molecule has 0 unspecified atom stereocenters. The number of amidine groups is 1. The zero-order valence-electron chi connectivity index (χ0n) is 17.2. The summed E-state index contributed by atoms with van der Waals surface area (Å²) in [7, 11) is 1.61. The zero-order chi connectivity index (χ0) is 21.7.